The van der Waals surface area contributed by atoms with Crippen LogP contribution in [0.2, 0.25) is 5.02 Å². The van der Waals surface area contributed by atoms with Crippen molar-refractivity contribution in [3.05, 3.63) is 65.2 Å². The normalized spacial score (nSPS) is 11.3. The van der Waals surface area contributed by atoms with Crippen LogP contribution in [0.5, 0.6) is 5.75 Å². The molecule has 28 heavy (non-hydrogen) atoms. The van der Waals surface area contributed by atoms with E-state index in [0.717, 1.165) is 12.1 Å². The molecule has 0 spiro atoms. The van der Waals surface area contributed by atoms with E-state index in [1.54, 1.807) is 30.3 Å². The quantitative estimate of drug-likeness (QED) is 0.718. The third-order valence-corrected chi connectivity index (χ3v) is 3.78. The Balaban J connectivity index is 1.88. The molecule has 0 radical (unpaired) electrons. The minimum absolute atomic E-state index is 0.244. The van der Waals surface area contributed by atoms with Crippen molar-refractivity contribution in [1.29, 1.82) is 0 Å². The summed E-state index contributed by atoms with van der Waals surface area (Å²) in [5.74, 6) is -1.32. The molecule has 0 aliphatic rings. The highest BCUT2D eigenvalue weighted by Crippen LogP contribution is 2.24. The molecule has 0 atom stereocenters. The monoisotopic (exact) mass is 412 g/mol. The molecule has 0 saturated carbocycles. The molecule has 0 unspecified atom stereocenters. The molecule has 2 amide bonds. The molecule has 9 heteroatoms. The zero-order valence-corrected chi connectivity index (χ0v) is 15.4. The van der Waals surface area contributed by atoms with E-state index in [2.05, 4.69) is 10.1 Å². The van der Waals surface area contributed by atoms with Crippen molar-refractivity contribution in [1.82, 2.24) is 4.90 Å². The van der Waals surface area contributed by atoms with Gasteiger partial charge in [-0.3, -0.25) is 9.59 Å². The molecule has 0 heterocycles. The molecule has 0 aliphatic heterocycles. The smallest absolute Gasteiger partial charge is 0.406 e. The highest BCUT2D eigenvalue weighted by molar-refractivity contribution is 6.32. The Morgan fingerprint density at radius 2 is 1.79 bits per heavy atom. The average Bonchev–Trinajstić information content (AvgIpc) is 2.61. The number of amides is 2. The molecular weight excluding hydrogens is 397 g/mol. The van der Waals surface area contributed by atoms with Crippen LogP contribution in [0, 0.1) is 0 Å². The van der Waals surface area contributed by atoms with Crippen LogP contribution in [-0.4, -0.2) is 36.7 Å². The molecular formula is C19H16ClF3N2O3. The largest absolute Gasteiger partial charge is 0.573 e. The van der Waals surface area contributed by atoms with E-state index in [0.29, 0.717) is 10.6 Å². The van der Waals surface area contributed by atoms with Crippen LogP contribution < -0.4 is 10.1 Å². The highest BCUT2D eigenvalue weighted by Gasteiger charge is 2.30. The molecule has 1 N–H and O–H groups in total. The average molecular weight is 413 g/mol. The first-order valence-electron chi connectivity index (χ1n) is 7.97. The fourth-order valence-corrected chi connectivity index (χ4v) is 2.33. The topological polar surface area (TPSA) is 58.6 Å². The van der Waals surface area contributed by atoms with Crippen molar-refractivity contribution in [3.63, 3.8) is 0 Å². The Bertz CT molecular complexity index is 867. The summed E-state index contributed by atoms with van der Waals surface area (Å²) in [7, 11) is 1.44. The fraction of sp³-hybridized carbons (Fsp3) is 0.158. The Morgan fingerprint density at radius 1 is 1.14 bits per heavy atom. The number of ether oxygens (including phenoxy) is 1. The van der Waals surface area contributed by atoms with Gasteiger partial charge < -0.3 is 15.0 Å². The predicted molar refractivity (Wildman–Crippen MR) is 99.9 cm³/mol. The number of nitrogens with one attached hydrogen (secondary N) is 1. The third kappa shape index (κ3) is 6.96. The summed E-state index contributed by atoms with van der Waals surface area (Å²) in [6, 6.07) is 11.6. The Kier molecular flexibility index (Phi) is 7.06. The lowest BCUT2D eigenvalue weighted by Gasteiger charge is -2.15. The second-order valence-electron chi connectivity index (χ2n) is 5.67. The van der Waals surface area contributed by atoms with Crippen LogP contribution in [0.3, 0.4) is 0 Å². The van der Waals surface area contributed by atoms with Gasteiger partial charge in [0.15, 0.2) is 0 Å². The fourth-order valence-electron chi connectivity index (χ4n) is 2.13. The van der Waals surface area contributed by atoms with Crippen molar-refractivity contribution in [2.24, 2.45) is 0 Å². The Labute approximate surface area is 164 Å². The van der Waals surface area contributed by atoms with Crippen LogP contribution in [0.25, 0.3) is 6.08 Å². The molecule has 0 saturated heterocycles. The van der Waals surface area contributed by atoms with Crippen molar-refractivity contribution >= 4 is 35.2 Å². The number of likely N-dealkylation sites (N-methyl/N-ethyl adjacent to an activating group) is 1. The summed E-state index contributed by atoms with van der Waals surface area (Å²) >= 11 is 6.00. The minimum atomic E-state index is -4.79. The summed E-state index contributed by atoms with van der Waals surface area (Å²) in [6.07, 6.45) is -1.96. The van der Waals surface area contributed by atoms with E-state index in [1.165, 1.54) is 30.2 Å². The lowest BCUT2D eigenvalue weighted by atomic mass is 10.2. The number of benzene rings is 2. The number of hydrogen-bond acceptors (Lipinski definition) is 3. The first kappa shape index (κ1) is 21.3. The molecule has 0 bridgehead atoms. The first-order valence-corrected chi connectivity index (χ1v) is 8.35. The number of halogens is 4. The number of nitrogens with zero attached hydrogens (tertiary/aromatic N) is 1. The van der Waals surface area contributed by atoms with Gasteiger partial charge in [-0.15, -0.1) is 13.2 Å². The lowest BCUT2D eigenvalue weighted by molar-refractivity contribution is -0.274. The molecule has 2 aromatic rings. The van der Waals surface area contributed by atoms with Crippen molar-refractivity contribution in [2.75, 3.05) is 18.9 Å². The van der Waals surface area contributed by atoms with Crippen LogP contribution in [0.4, 0.5) is 18.9 Å². The standard InChI is InChI=1S/C19H16ClF3N2O3/c1-25(18(27)11-6-13-4-2-3-5-16(13)20)12-17(26)24-14-7-9-15(10-8-14)28-19(21,22)23/h2-11H,12H2,1H3,(H,24,26)/b11-6+. The van der Waals surface area contributed by atoms with Gasteiger partial charge in [-0.25, -0.2) is 0 Å². The maximum atomic E-state index is 12.1. The van der Waals surface area contributed by atoms with Gasteiger partial charge in [-0.05, 0) is 42.0 Å². The number of carbonyl (C=O) groups is 2. The zero-order chi connectivity index (χ0) is 20.7. The molecule has 5 nitrogen and oxygen atoms in total. The zero-order valence-electron chi connectivity index (χ0n) is 14.7. The molecule has 148 valence electrons. The number of alkyl halides is 3. The van der Waals surface area contributed by atoms with Gasteiger partial charge in [0, 0.05) is 23.8 Å². The molecule has 0 fully saturated rings. The van der Waals surface area contributed by atoms with Gasteiger partial charge in [-0.2, -0.15) is 0 Å². The van der Waals surface area contributed by atoms with Gasteiger partial charge in [-0.1, -0.05) is 29.8 Å². The van der Waals surface area contributed by atoms with Gasteiger partial charge in [0.1, 0.15) is 5.75 Å². The SMILES string of the molecule is CN(CC(=O)Nc1ccc(OC(F)(F)F)cc1)C(=O)/C=C/c1ccccc1Cl. The summed E-state index contributed by atoms with van der Waals surface area (Å²) in [4.78, 5) is 25.3. The van der Waals surface area contributed by atoms with Crippen LogP contribution in [0.15, 0.2) is 54.6 Å². The Hall–Kier alpha value is -3.00. The second-order valence-corrected chi connectivity index (χ2v) is 6.08. The third-order valence-electron chi connectivity index (χ3n) is 3.44. The Morgan fingerprint density at radius 3 is 2.39 bits per heavy atom. The second kappa shape index (κ2) is 9.27. The molecule has 0 aliphatic carbocycles. The van der Waals surface area contributed by atoms with Gasteiger partial charge in [0.2, 0.25) is 11.8 Å². The number of hydrogen-bond donors (Lipinski definition) is 1. The van der Waals surface area contributed by atoms with Gasteiger partial charge >= 0.3 is 6.36 Å². The van der Waals surface area contributed by atoms with E-state index in [4.69, 9.17) is 11.6 Å². The molecule has 0 aromatic heterocycles. The van der Waals surface area contributed by atoms with E-state index in [9.17, 15) is 22.8 Å². The van der Waals surface area contributed by atoms with Crippen LogP contribution in [0.1, 0.15) is 5.56 Å². The summed E-state index contributed by atoms with van der Waals surface area (Å²) in [5.41, 5.74) is 0.934. The molecule has 2 rings (SSSR count). The van der Waals surface area contributed by atoms with E-state index < -0.39 is 23.9 Å². The van der Waals surface area contributed by atoms with Crippen molar-refractivity contribution in [3.8, 4) is 5.75 Å². The van der Waals surface area contributed by atoms with Crippen LogP contribution >= 0.6 is 11.6 Å². The maximum Gasteiger partial charge on any atom is 0.573 e. The minimum Gasteiger partial charge on any atom is -0.406 e. The number of rotatable bonds is 6. The van der Waals surface area contributed by atoms with E-state index >= 15 is 0 Å². The van der Waals surface area contributed by atoms with Crippen molar-refractivity contribution < 1.29 is 27.5 Å². The highest BCUT2D eigenvalue weighted by atomic mass is 35.5. The van der Waals surface area contributed by atoms with Crippen LogP contribution in [-0.2, 0) is 9.59 Å². The first-order chi connectivity index (χ1) is 13.1. The summed E-state index contributed by atoms with van der Waals surface area (Å²) in [5, 5.41) is 2.98. The number of carbonyl (C=O) groups excluding carboxylic acids is 2. The van der Waals surface area contributed by atoms with Gasteiger partial charge in [0.25, 0.3) is 0 Å². The van der Waals surface area contributed by atoms with Crippen molar-refractivity contribution in [2.45, 2.75) is 6.36 Å². The summed E-state index contributed by atoms with van der Waals surface area (Å²) in [6.45, 7) is -0.244. The predicted octanol–water partition coefficient (Wildman–Crippen LogP) is 4.35. The molecule has 2 aromatic carbocycles. The number of anilines is 1. The lowest BCUT2D eigenvalue weighted by Crippen LogP contribution is -2.33. The van der Waals surface area contributed by atoms with E-state index in [-0.39, 0.29) is 12.2 Å². The van der Waals surface area contributed by atoms with E-state index in [1.807, 2.05) is 0 Å². The summed E-state index contributed by atoms with van der Waals surface area (Å²) < 4.78 is 40.1. The van der Waals surface area contributed by atoms with Gasteiger partial charge in [0.05, 0.1) is 6.54 Å². The maximum absolute atomic E-state index is 12.1.